The second kappa shape index (κ2) is 5.99. The van der Waals surface area contributed by atoms with E-state index in [0.717, 1.165) is 5.56 Å². The molecule has 3 N–H and O–H groups in total. The minimum atomic E-state index is -1.19. The summed E-state index contributed by atoms with van der Waals surface area (Å²) < 4.78 is 11.3. The number of carbonyl (C=O) groups is 1. The average molecular weight is 294 g/mol. The van der Waals surface area contributed by atoms with Gasteiger partial charge in [0.05, 0.1) is 24.1 Å². The SMILES string of the molecule is CC[C@]1(O)[C@H](C)O[C@H](c2ccncc2N)C[C@@H]1OC(C)=O. The monoisotopic (exact) mass is 294 g/mol. The van der Waals surface area contributed by atoms with E-state index in [1.165, 1.54) is 6.92 Å². The van der Waals surface area contributed by atoms with Gasteiger partial charge in [-0.3, -0.25) is 9.78 Å². The molecule has 2 rings (SSSR count). The van der Waals surface area contributed by atoms with Crippen molar-refractivity contribution in [3.63, 3.8) is 0 Å². The lowest BCUT2D eigenvalue weighted by atomic mass is 9.81. The Labute approximate surface area is 124 Å². The van der Waals surface area contributed by atoms with Crippen molar-refractivity contribution >= 4 is 11.7 Å². The van der Waals surface area contributed by atoms with Crippen LogP contribution in [0.3, 0.4) is 0 Å². The van der Waals surface area contributed by atoms with E-state index in [0.29, 0.717) is 18.5 Å². The Balaban J connectivity index is 2.29. The molecule has 116 valence electrons. The van der Waals surface area contributed by atoms with Gasteiger partial charge in [0.15, 0.2) is 0 Å². The Morgan fingerprint density at radius 3 is 2.95 bits per heavy atom. The van der Waals surface area contributed by atoms with Crippen molar-refractivity contribution in [3.05, 3.63) is 24.0 Å². The number of nitrogen functional groups attached to an aromatic ring is 1. The van der Waals surface area contributed by atoms with Crippen LogP contribution in [0.25, 0.3) is 0 Å². The maximum absolute atomic E-state index is 11.3. The molecule has 1 aromatic heterocycles. The van der Waals surface area contributed by atoms with Gasteiger partial charge >= 0.3 is 5.97 Å². The van der Waals surface area contributed by atoms with Gasteiger partial charge in [-0.2, -0.15) is 0 Å². The van der Waals surface area contributed by atoms with Crippen molar-refractivity contribution in [1.82, 2.24) is 4.98 Å². The van der Waals surface area contributed by atoms with Crippen LogP contribution in [0.4, 0.5) is 5.69 Å². The summed E-state index contributed by atoms with van der Waals surface area (Å²) >= 11 is 0. The largest absolute Gasteiger partial charge is 0.459 e. The zero-order valence-corrected chi connectivity index (χ0v) is 12.6. The summed E-state index contributed by atoms with van der Waals surface area (Å²) in [4.78, 5) is 15.3. The number of aliphatic hydroxyl groups is 1. The second-order valence-electron chi connectivity index (χ2n) is 5.45. The zero-order valence-electron chi connectivity index (χ0n) is 12.6. The summed E-state index contributed by atoms with van der Waals surface area (Å²) in [6.07, 6.45) is 2.57. The predicted molar refractivity (Wildman–Crippen MR) is 77.3 cm³/mol. The highest BCUT2D eigenvalue weighted by Crippen LogP contribution is 2.41. The molecule has 0 bridgehead atoms. The van der Waals surface area contributed by atoms with Gasteiger partial charge in [-0.1, -0.05) is 6.92 Å². The molecular formula is C15H22N2O4. The molecule has 21 heavy (non-hydrogen) atoms. The number of anilines is 1. The van der Waals surface area contributed by atoms with E-state index >= 15 is 0 Å². The summed E-state index contributed by atoms with van der Waals surface area (Å²) in [5.41, 5.74) is 6.06. The van der Waals surface area contributed by atoms with Gasteiger partial charge in [0.1, 0.15) is 11.7 Å². The fourth-order valence-corrected chi connectivity index (χ4v) is 2.86. The van der Waals surface area contributed by atoms with E-state index in [9.17, 15) is 9.90 Å². The molecule has 0 radical (unpaired) electrons. The Morgan fingerprint density at radius 1 is 1.67 bits per heavy atom. The lowest BCUT2D eigenvalue weighted by molar-refractivity contribution is -0.234. The third-order valence-corrected chi connectivity index (χ3v) is 4.17. The van der Waals surface area contributed by atoms with Crippen molar-refractivity contribution < 1.29 is 19.4 Å². The number of esters is 1. The van der Waals surface area contributed by atoms with Crippen LogP contribution >= 0.6 is 0 Å². The van der Waals surface area contributed by atoms with Crippen molar-refractivity contribution in [2.75, 3.05) is 5.73 Å². The zero-order chi connectivity index (χ0) is 15.6. The topological polar surface area (TPSA) is 94.7 Å². The third kappa shape index (κ3) is 3.01. The Hall–Kier alpha value is -1.66. The Kier molecular flexibility index (Phi) is 4.49. The lowest BCUT2D eigenvalue weighted by Gasteiger charge is -2.46. The van der Waals surface area contributed by atoms with E-state index < -0.39 is 23.8 Å². The molecule has 1 fully saturated rings. The molecule has 6 nitrogen and oxygen atoms in total. The van der Waals surface area contributed by atoms with E-state index in [-0.39, 0.29) is 6.10 Å². The van der Waals surface area contributed by atoms with Crippen molar-refractivity contribution in [2.45, 2.75) is 57.5 Å². The summed E-state index contributed by atoms with van der Waals surface area (Å²) in [6, 6.07) is 1.79. The Morgan fingerprint density at radius 2 is 2.38 bits per heavy atom. The maximum Gasteiger partial charge on any atom is 0.303 e. The number of rotatable bonds is 3. The predicted octanol–water partition coefficient (Wildman–Crippen LogP) is 1.59. The highest BCUT2D eigenvalue weighted by Gasteiger charge is 2.49. The van der Waals surface area contributed by atoms with Crippen LogP contribution in [-0.4, -0.2) is 33.9 Å². The summed E-state index contributed by atoms with van der Waals surface area (Å²) in [5.74, 6) is -0.414. The molecule has 0 aromatic carbocycles. The van der Waals surface area contributed by atoms with Crippen LogP contribution in [0, 0.1) is 0 Å². The van der Waals surface area contributed by atoms with Crippen LogP contribution in [-0.2, 0) is 14.3 Å². The highest BCUT2D eigenvalue weighted by atomic mass is 16.6. The van der Waals surface area contributed by atoms with Crippen molar-refractivity contribution in [2.24, 2.45) is 0 Å². The summed E-state index contributed by atoms with van der Waals surface area (Å²) in [5, 5.41) is 10.7. The Bertz CT molecular complexity index is 522. The van der Waals surface area contributed by atoms with E-state index in [2.05, 4.69) is 4.98 Å². The molecule has 0 amide bonds. The first kappa shape index (κ1) is 15.7. The molecule has 1 aliphatic rings. The number of nitrogens with two attached hydrogens (primary N) is 1. The molecule has 0 saturated carbocycles. The van der Waals surface area contributed by atoms with E-state index in [4.69, 9.17) is 15.2 Å². The number of aromatic nitrogens is 1. The minimum absolute atomic E-state index is 0.334. The standard InChI is InChI=1S/C15H22N2O4/c1-4-15(19)9(2)20-13(7-14(15)21-10(3)18)11-5-6-17-8-12(11)16/h5-6,8-9,13-14,19H,4,7,16H2,1-3H3/t9-,13-,14-,15-/m0/s1. The van der Waals surface area contributed by atoms with Crippen molar-refractivity contribution in [1.29, 1.82) is 0 Å². The van der Waals surface area contributed by atoms with E-state index in [1.807, 2.05) is 6.92 Å². The van der Waals surface area contributed by atoms with Gasteiger partial charge in [0.25, 0.3) is 0 Å². The fraction of sp³-hybridized carbons (Fsp3) is 0.600. The van der Waals surface area contributed by atoms with Gasteiger partial charge in [-0.25, -0.2) is 0 Å². The van der Waals surface area contributed by atoms with Crippen LogP contribution < -0.4 is 5.73 Å². The van der Waals surface area contributed by atoms with Crippen molar-refractivity contribution in [3.8, 4) is 0 Å². The molecule has 1 saturated heterocycles. The quantitative estimate of drug-likeness (QED) is 0.822. The van der Waals surface area contributed by atoms with Crippen LogP contribution in [0.5, 0.6) is 0 Å². The number of ether oxygens (including phenoxy) is 2. The first-order valence-electron chi connectivity index (χ1n) is 7.13. The van der Waals surface area contributed by atoms with Gasteiger partial charge in [0.2, 0.25) is 0 Å². The molecule has 0 spiro atoms. The smallest absolute Gasteiger partial charge is 0.303 e. The first-order chi connectivity index (χ1) is 9.88. The van der Waals surface area contributed by atoms with Crippen LogP contribution in [0.2, 0.25) is 0 Å². The molecule has 0 aliphatic carbocycles. The van der Waals surface area contributed by atoms with Gasteiger partial charge in [-0.05, 0) is 19.4 Å². The molecule has 6 heteroatoms. The molecule has 2 heterocycles. The lowest BCUT2D eigenvalue weighted by Crippen LogP contribution is -2.57. The van der Waals surface area contributed by atoms with Gasteiger partial charge < -0.3 is 20.3 Å². The number of hydrogen-bond acceptors (Lipinski definition) is 6. The first-order valence-corrected chi connectivity index (χ1v) is 7.13. The highest BCUT2D eigenvalue weighted by molar-refractivity contribution is 5.66. The number of pyridine rings is 1. The molecular weight excluding hydrogens is 272 g/mol. The molecule has 0 unspecified atom stereocenters. The number of carbonyl (C=O) groups excluding carboxylic acids is 1. The molecule has 4 atom stereocenters. The van der Waals surface area contributed by atoms with Crippen LogP contribution in [0.15, 0.2) is 18.5 Å². The molecule has 1 aliphatic heterocycles. The minimum Gasteiger partial charge on any atom is -0.459 e. The second-order valence-corrected chi connectivity index (χ2v) is 5.45. The maximum atomic E-state index is 11.3. The third-order valence-electron chi connectivity index (χ3n) is 4.17. The van der Waals surface area contributed by atoms with Gasteiger partial charge in [0, 0.05) is 25.1 Å². The number of nitrogens with zero attached hydrogens (tertiary/aromatic N) is 1. The summed E-state index contributed by atoms with van der Waals surface area (Å²) in [6.45, 7) is 4.97. The number of hydrogen-bond donors (Lipinski definition) is 2. The molecule has 1 aromatic rings. The fourth-order valence-electron chi connectivity index (χ4n) is 2.86. The van der Waals surface area contributed by atoms with Crippen LogP contribution in [0.1, 0.15) is 45.3 Å². The normalized spacial score (nSPS) is 32.7. The average Bonchev–Trinajstić information content (AvgIpc) is 2.43. The van der Waals surface area contributed by atoms with Gasteiger partial charge in [-0.15, -0.1) is 0 Å². The van der Waals surface area contributed by atoms with E-state index in [1.54, 1.807) is 25.4 Å². The summed E-state index contributed by atoms with van der Waals surface area (Å²) in [7, 11) is 0.